The van der Waals surface area contributed by atoms with Crippen LogP contribution in [0.2, 0.25) is 0 Å². The monoisotopic (exact) mass is 208 g/mol. The Bertz CT molecular complexity index is 320. The number of carbonyl (C=O) groups excluding carboxylic acids is 1. The van der Waals surface area contributed by atoms with Crippen LogP contribution < -0.4 is 4.74 Å². The Balaban J connectivity index is 2.53. The van der Waals surface area contributed by atoms with E-state index in [1.54, 1.807) is 7.11 Å². The molecule has 82 valence electrons. The lowest BCUT2D eigenvalue weighted by molar-refractivity contribution is -0.120. The van der Waals surface area contributed by atoms with Gasteiger partial charge in [-0.05, 0) is 17.7 Å². The summed E-state index contributed by atoms with van der Waals surface area (Å²) in [5.41, 5.74) is 1.04. The zero-order chi connectivity index (χ0) is 11.1. The summed E-state index contributed by atoms with van der Waals surface area (Å²) in [4.78, 5) is 11.0. The van der Waals surface area contributed by atoms with E-state index in [4.69, 9.17) is 9.47 Å². The van der Waals surface area contributed by atoms with Crippen LogP contribution in [0, 0.1) is 0 Å². The average Bonchev–Trinajstić information content (AvgIpc) is 2.27. The van der Waals surface area contributed by atoms with Crippen molar-refractivity contribution in [3.63, 3.8) is 0 Å². The van der Waals surface area contributed by atoms with E-state index in [-0.39, 0.29) is 12.4 Å². The molecule has 3 nitrogen and oxygen atoms in total. The van der Waals surface area contributed by atoms with Gasteiger partial charge in [0.25, 0.3) is 0 Å². The SMILES string of the molecule is CCC(=O)COc1cccc(COC)c1. The summed E-state index contributed by atoms with van der Waals surface area (Å²) in [5, 5.41) is 0. The number of ether oxygens (including phenoxy) is 2. The molecule has 0 saturated heterocycles. The van der Waals surface area contributed by atoms with Crippen molar-refractivity contribution in [1.29, 1.82) is 0 Å². The van der Waals surface area contributed by atoms with Crippen molar-refractivity contribution in [1.82, 2.24) is 0 Å². The fourth-order valence-electron chi connectivity index (χ4n) is 1.16. The van der Waals surface area contributed by atoms with Gasteiger partial charge >= 0.3 is 0 Å². The minimum Gasteiger partial charge on any atom is -0.486 e. The third-order valence-electron chi connectivity index (χ3n) is 2.00. The van der Waals surface area contributed by atoms with Crippen LogP contribution in [0.3, 0.4) is 0 Å². The first kappa shape index (κ1) is 11.7. The number of hydrogen-bond donors (Lipinski definition) is 0. The van der Waals surface area contributed by atoms with Crippen molar-refractivity contribution in [3.8, 4) is 5.75 Å². The fourth-order valence-corrected chi connectivity index (χ4v) is 1.16. The summed E-state index contributed by atoms with van der Waals surface area (Å²) in [6.45, 7) is 2.53. The Morgan fingerprint density at radius 1 is 1.40 bits per heavy atom. The number of ketones is 1. The molecule has 3 heteroatoms. The zero-order valence-corrected chi connectivity index (χ0v) is 9.16. The molecular weight excluding hydrogens is 192 g/mol. The molecule has 0 bridgehead atoms. The van der Waals surface area contributed by atoms with Gasteiger partial charge in [-0.15, -0.1) is 0 Å². The molecule has 1 aromatic carbocycles. The maximum atomic E-state index is 11.0. The highest BCUT2D eigenvalue weighted by Crippen LogP contribution is 2.13. The van der Waals surface area contributed by atoms with Crippen LogP contribution in [-0.4, -0.2) is 19.5 Å². The predicted octanol–water partition coefficient (Wildman–Crippen LogP) is 2.19. The number of methoxy groups -OCH3 is 1. The molecule has 1 rings (SSSR count). The quantitative estimate of drug-likeness (QED) is 0.718. The maximum absolute atomic E-state index is 11.0. The lowest BCUT2D eigenvalue weighted by Gasteiger charge is -2.06. The zero-order valence-electron chi connectivity index (χ0n) is 9.16. The van der Waals surface area contributed by atoms with Gasteiger partial charge in [-0.2, -0.15) is 0 Å². The molecule has 0 aliphatic heterocycles. The Kier molecular flexibility index (Phi) is 4.84. The number of Topliss-reactive ketones (excluding diaryl/α,β-unsaturated/α-hetero) is 1. The van der Waals surface area contributed by atoms with Gasteiger partial charge in [0.05, 0.1) is 6.61 Å². The average molecular weight is 208 g/mol. The summed E-state index contributed by atoms with van der Waals surface area (Å²) in [5.74, 6) is 0.818. The molecule has 1 aromatic rings. The number of rotatable bonds is 6. The highest BCUT2D eigenvalue weighted by molar-refractivity contribution is 5.79. The van der Waals surface area contributed by atoms with E-state index in [9.17, 15) is 4.79 Å². The molecule has 0 aliphatic carbocycles. The molecule has 0 amide bonds. The summed E-state index contributed by atoms with van der Waals surface area (Å²) in [6, 6.07) is 7.56. The molecule has 0 atom stereocenters. The maximum Gasteiger partial charge on any atom is 0.169 e. The summed E-state index contributed by atoms with van der Waals surface area (Å²) < 4.78 is 10.3. The van der Waals surface area contributed by atoms with E-state index >= 15 is 0 Å². The first-order chi connectivity index (χ1) is 7.26. The van der Waals surface area contributed by atoms with E-state index in [1.165, 1.54) is 0 Å². The van der Waals surface area contributed by atoms with E-state index in [0.29, 0.717) is 18.8 Å². The third-order valence-corrected chi connectivity index (χ3v) is 2.00. The first-order valence-corrected chi connectivity index (χ1v) is 4.98. The first-order valence-electron chi connectivity index (χ1n) is 4.98. The second-order valence-corrected chi connectivity index (χ2v) is 3.26. The minimum absolute atomic E-state index is 0.104. The fraction of sp³-hybridized carbons (Fsp3) is 0.417. The Labute approximate surface area is 90.0 Å². The highest BCUT2D eigenvalue weighted by atomic mass is 16.5. The Morgan fingerprint density at radius 2 is 2.20 bits per heavy atom. The van der Waals surface area contributed by atoms with Crippen molar-refractivity contribution < 1.29 is 14.3 Å². The van der Waals surface area contributed by atoms with Gasteiger partial charge in [0, 0.05) is 13.5 Å². The highest BCUT2D eigenvalue weighted by Gasteiger charge is 2.00. The molecule has 0 aromatic heterocycles. The van der Waals surface area contributed by atoms with Gasteiger partial charge in [-0.1, -0.05) is 19.1 Å². The number of benzene rings is 1. The van der Waals surface area contributed by atoms with Gasteiger partial charge in [0.15, 0.2) is 5.78 Å². The molecule has 0 radical (unpaired) electrons. The standard InChI is InChI=1S/C12H16O3/c1-3-11(13)9-15-12-6-4-5-10(7-12)8-14-2/h4-7H,3,8-9H2,1-2H3. The largest absolute Gasteiger partial charge is 0.486 e. The molecule has 0 spiro atoms. The number of carbonyl (C=O) groups is 1. The van der Waals surface area contributed by atoms with Crippen LogP contribution in [0.5, 0.6) is 5.75 Å². The minimum atomic E-state index is 0.104. The third kappa shape index (κ3) is 4.13. The summed E-state index contributed by atoms with van der Waals surface area (Å²) in [6.07, 6.45) is 0.512. The van der Waals surface area contributed by atoms with Crippen LogP contribution in [0.1, 0.15) is 18.9 Å². The van der Waals surface area contributed by atoms with Gasteiger partial charge in [0.1, 0.15) is 12.4 Å². The Morgan fingerprint density at radius 3 is 2.87 bits per heavy atom. The van der Waals surface area contributed by atoms with Crippen molar-refractivity contribution in [2.75, 3.05) is 13.7 Å². The van der Waals surface area contributed by atoms with Gasteiger partial charge < -0.3 is 9.47 Å². The Hall–Kier alpha value is -1.35. The van der Waals surface area contributed by atoms with Crippen LogP contribution in [-0.2, 0) is 16.1 Å². The van der Waals surface area contributed by atoms with Crippen molar-refractivity contribution >= 4 is 5.78 Å². The molecular formula is C12H16O3. The lowest BCUT2D eigenvalue weighted by Crippen LogP contribution is -2.09. The van der Waals surface area contributed by atoms with Crippen LogP contribution in [0.15, 0.2) is 24.3 Å². The molecule has 0 fully saturated rings. The summed E-state index contributed by atoms with van der Waals surface area (Å²) >= 11 is 0. The van der Waals surface area contributed by atoms with Crippen molar-refractivity contribution in [3.05, 3.63) is 29.8 Å². The van der Waals surface area contributed by atoms with Crippen LogP contribution in [0.25, 0.3) is 0 Å². The van der Waals surface area contributed by atoms with Crippen LogP contribution >= 0.6 is 0 Å². The second-order valence-electron chi connectivity index (χ2n) is 3.26. The topological polar surface area (TPSA) is 35.5 Å². The molecule has 0 heterocycles. The van der Waals surface area contributed by atoms with E-state index in [1.807, 2.05) is 31.2 Å². The van der Waals surface area contributed by atoms with Crippen molar-refractivity contribution in [2.45, 2.75) is 20.0 Å². The molecule has 0 N–H and O–H groups in total. The predicted molar refractivity (Wildman–Crippen MR) is 57.9 cm³/mol. The van der Waals surface area contributed by atoms with Gasteiger partial charge in [-0.25, -0.2) is 0 Å². The van der Waals surface area contributed by atoms with Gasteiger partial charge in [0.2, 0.25) is 0 Å². The molecule has 15 heavy (non-hydrogen) atoms. The molecule has 0 unspecified atom stereocenters. The number of hydrogen-bond acceptors (Lipinski definition) is 3. The second kappa shape index (κ2) is 6.19. The van der Waals surface area contributed by atoms with Crippen LogP contribution in [0.4, 0.5) is 0 Å². The lowest BCUT2D eigenvalue weighted by atomic mass is 10.2. The van der Waals surface area contributed by atoms with E-state index in [0.717, 1.165) is 5.56 Å². The molecule has 0 saturated carbocycles. The van der Waals surface area contributed by atoms with E-state index < -0.39 is 0 Å². The van der Waals surface area contributed by atoms with Crippen molar-refractivity contribution in [2.24, 2.45) is 0 Å². The molecule has 0 aliphatic rings. The normalized spacial score (nSPS) is 10.0. The van der Waals surface area contributed by atoms with E-state index in [2.05, 4.69) is 0 Å². The summed E-state index contributed by atoms with van der Waals surface area (Å²) in [7, 11) is 1.65. The van der Waals surface area contributed by atoms with Gasteiger partial charge in [-0.3, -0.25) is 4.79 Å². The smallest absolute Gasteiger partial charge is 0.169 e.